The fraction of sp³-hybridized carbons (Fsp3) is 0.842. The molecular formula is C19H28O7. The number of carbonyl (C=O) groups excluding carboxylic acids is 3. The molecular weight excluding hydrogens is 340 g/mol. The van der Waals surface area contributed by atoms with Crippen molar-refractivity contribution >= 4 is 17.9 Å². The predicted octanol–water partition coefficient (Wildman–Crippen LogP) is 1.87. The first-order valence-corrected chi connectivity index (χ1v) is 9.39. The van der Waals surface area contributed by atoms with Crippen LogP contribution in [0, 0.1) is 23.2 Å². The molecule has 4 aliphatic rings. The molecule has 7 heteroatoms. The maximum absolute atomic E-state index is 12.0. The van der Waals surface area contributed by atoms with Gasteiger partial charge in [0.2, 0.25) is 0 Å². The number of hydrogen-bond donors (Lipinski definition) is 0. The molecule has 0 aromatic carbocycles. The van der Waals surface area contributed by atoms with E-state index in [0.717, 1.165) is 25.7 Å². The minimum Gasteiger partial charge on any atom is -0.462 e. The molecule has 2 aliphatic heterocycles. The molecule has 0 amide bonds. The monoisotopic (exact) mass is 368 g/mol. The van der Waals surface area contributed by atoms with Crippen LogP contribution in [0.4, 0.5) is 0 Å². The van der Waals surface area contributed by atoms with Crippen LogP contribution in [0.1, 0.15) is 46.5 Å². The van der Waals surface area contributed by atoms with Gasteiger partial charge in [0.1, 0.15) is 25.9 Å². The van der Waals surface area contributed by atoms with Gasteiger partial charge in [0.15, 0.2) is 0 Å². The van der Waals surface area contributed by atoms with Gasteiger partial charge in [0.25, 0.3) is 0 Å². The summed E-state index contributed by atoms with van der Waals surface area (Å²) in [6, 6.07) is 0. The van der Waals surface area contributed by atoms with Crippen LogP contribution < -0.4 is 0 Å². The summed E-state index contributed by atoms with van der Waals surface area (Å²) >= 11 is 0. The number of carbonyl (C=O) groups is 3. The van der Waals surface area contributed by atoms with E-state index < -0.39 is 11.4 Å². The Kier molecular flexibility index (Phi) is 5.55. The summed E-state index contributed by atoms with van der Waals surface area (Å²) in [4.78, 5) is 35.5. The highest BCUT2D eigenvalue weighted by atomic mass is 16.6. The van der Waals surface area contributed by atoms with Crippen LogP contribution >= 0.6 is 0 Å². The maximum Gasteiger partial charge on any atom is 0.332 e. The molecule has 2 aliphatic carbocycles. The number of rotatable bonds is 6. The zero-order valence-electron chi connectivity index (χ0n) is 15.7. The van der Waals surface area contributed by atoms with Gasteiger partial charge in [-0.05, 0) is 58.3 Å². The Morgan fingerprint density at radius 2 is 1.81 bits per heavy atom. The second-order valence-electron chi connectivity index (χ2n) is 8.62. The van der Waals surface area contributed by atoms with E-state index in [1.165, 1.54) is 0 Å². The molecule has 0 aromatic rings. The normalized spacial score (nSPS) is 32.7. The molecule has 2 heterocycles. The number of ether oxygens (including phenoxy) is 4. The third kappa shape index (κ3) is 4.37. The van der Waals surface area contributed by atoms with Crippen LogP contribution in [-0.4, -0.2) is 49.9 Å². The largest absolute Gasteiger partial charge is 0.462 e. The lowest BCUT2D eigenvalue weighted by molar-refractivity contribution is -0.169. The lowest BCUT2D eigenvalue weighted by atomic mass is 9.67. The summed E-state index contributed by atoms with van der Waals surface area (Å²) in [6.45, 7) is 5.12. The minimum atomic E-state index is -0.581. The molecule has 146 valence electrons. The van der Waals surface area contributed by atoms with Crippen molar-refractivity contribution in [1.82, 2.24) is 0 Å². The topological polar surface area (TPSA) is 88.1 Å². The first-order chi connectivity index (χ1) is 12.2. The molecule has 5 atom stereocenters. The fourth-order valence-electron chi connectivity index (χ4n) is 4.22. The van der Waals surface area contributed by atoms with E-state index in [4.69, 9.17) is 18.9 Å². The summed E-state index contributed by atoms with van der Waals surface area (Å²) in [7, 11) is 0. The van der Waals surface area contributed by atoms with Crippen LogP contribution in [0.15, 0.2) is 0 Å². The Morgan fingerprint density at radius 3 is 2.54 bits per heavy atom. The van der Waals surface area contributed by atoms with Crippen molar-refractivity contribution in [3.05, 3.63) is 0 Å². The highest BCUT2D eigenvalue weighted by Gasteiger charge is 2.50. The molecule has 0 spiro atoms. The third-order valence-electron chi connectivity index (χ3n) is 5.42. The molecule has 5 unspecified atom stereocenters. The van der Waals surface area contributed by atoms with Crippen molar-refractivity contribution in [2.24, 2.45) is 23.2 Å². The first kappa shape index (κ1) is 19.1. The van der Waals surface area contributed by atoms with E-state index in [9.17, 15) is 14.4 Å². The lowest BCUT2D eigenvalue weighted by Gasteiger charge is -2.41. The van der Waals surface area contributed by atoms with Gasteiger partial charge < -0.3 is 18.9 Å². The van der Waals surface area contributed by atoms with Crippen LogP contribution in [0.25, 0.3) is 0 Å². The van der Waals surface area contributed by atoms with Crippen molar-refractivity contribution in [2.45, 2.75) is 58.7 Å². The second kappa shape index (κ2) is 7.55. The molecule has 0 radical (unpaired) electrons. The van der Waals surface area contributed by atoms with Crippen LogP contribution in [0.3, 0.4) is 0 Å². The number of esters is 3. The molecule has 0 aromatic heterocycles. The quantitative estimate of drug-likeness (QED) is 0.402. The summed E-state index contributed by atoms with van der Waals surface area (Å²) in [5.74, 6) is -0.172. The van der Waals surface area contributed by atoms with Gasteiger partial charge in [-0.2, -0.15) is 0 Å². The van der Waals surface area contributed by atoms with E-state index in [-0.39, 0.29) is 55.8 Å². The van der Waals surface area contributed by atoms with Gasteiger partial charge in [-0.15, -0.1) is 0 Å². The zero-order valence-corrected chi connectivity index (χ0v) is 15.7. The smallest absolute Gasteiger partial charge is 0.332 e. The average molecular weight is 368 g/mol. The molecule has 2 saturated heterocycles. The van der Waals surface area contributed by atoms with E-state index in [0.29, 0.717) is 5.92 Å². The van der Waals surface area contributed by atoms with Gasteiger partial charge in [0, 0.05) is 0 Å². The zero-order chi connectivity index (χ0) is 18.9. The van der Waals surface area contributed by atoms with Gasteiger partial charge >= 0.3 is 17.9 Å². The van der Waals surface area contributed by atoms with Gasteiger partial charge in [-0.3, -0.25) is 9.59 Å². The third-order valence-corrected chi connectivity index (χ3v) is 5.42. The maximum atomic E-state index is 12.0. The summed E-state index contributed by atoms with van der Waals surface area (Å²) in [5.41, 5.74) is -0.581. The van der Waals surface area contributed by atoms with Crippen molar-refractivity contribution < 1.29 is 33.3 Å². The van der Waals surface area contributed by atoms with E-state index in [1.54, 1.807) is 20.8 Å². The molecule has 0 N–H and O–H groups in total. The highest BCUT2D eigenvalue weighted by molar-refractivity contribution is 5.75. The first-order valence-electron chi connectivity index (χ1n) is 9.39. The van der Waals surface area contributed by atoms with Crippen molar-refractivity contribution in [1.29, 1.82) is 0 Å². The van der Waals surface area contributed by atoms with Crippen molar-refractivity contribution in [3.8, 4) is 0 Å². The summed E-state index contributed by atoms with van der Waals surface area (Å²) < 4.78 is 21.4. The van der Waals surface area contributed by atoms with Crippen molar-refractivity contribution in [2.75, 3.05) is 19.8 Å². The van der Waals surface area contributed by atoms with E-state index in [1.807, 2.05) is 0 Å². The fourth-order valence-corrected chi connectivity index (χ4v) is 4.22. The van der Waals surface area contributed by atoms with Gasteiger partial charge in [0.05, 0.1) is 17.4 Å². The SMILES string of the molecule is CC(C)(C)C(=O)OCCOC(=O)COC1C2CC3CC(C2)C(=O)OC1C3. The standard InChI is InChI=1S/C19H28O7/c1-19(2,3)18(22)24-5-4-23-15(20)10-25-16-12-6-11-7-13(9-12)17(21)26-14(16)8-11/h11-14,16H,4-10H2,1-3H3. The lowest BCUT2D eigenvalue weighted by Crippen LogP contribution is -2.45. The highest BCUT2D eigenvalue weighted by Crippen LogP contribution is 2.48. The minimum absolute atomic E-state index is 0.000666. The Hall–Kier alpha value is -1.63. The molecule has 4 bridgehead atoms. The Balaban J connectivity index is 1.40. The second-order valence-corrected chi connectivity index (χ2v) is 8.62. The average Bonchev–Trinajstić information content (AvgIpc) is 2.72. The predicted molar refractivity (Wildman–Crippen MR) is 89.9 cm³/mol. The summed E-state index contributed by atoms with van der Waals surface area (Å²) in [6.07, 6.45) is 3.08. The Morgan fingerprint density at radius 1 is 1.08 bits per heavy atom. The molecule has 4 rings (SSSR count). The van der Waals surface area contributed by atoms with E-state index >= 15 is 0 Å². The van der Waals surface area contributed by atoms with Crippen LogP contribution in [-0.2, 0) is 33.3 Å². The Bertz CT molecular complexity index is 565. The molecule has 26 heavy (non-hydrogen) atoms. The van der Waals surface area contributed by atoms with Crippen molar-refractivity contribution in [3.63, 3.8) is 0 Å². The molecule has 2 saturated carbocycles. The van der Waals surface area contributed by atoms with Crippen LogP contribution in [0.5, 0.6) is 0 Å². The number of fused-ring (bicyclic) bond motifs is 1. The Labute approximate surface area is 153 Å². The molecule has 4 fully saturated rings. The number of hydrogen-bond acceptors (Lipinski definition) is 7. The van der Waals surface area contributed by atoms with Gasteiger partial charge in [-0.25, -0.2) is 4.79 Å². The molecule has 7 nitrogen and oxygen atoms in total. The van der Waals surface area contributed by atoms with Crippen LogP contribution in [0.2, 0.25) is 0 Å². The summed E-state index contributed by atoms with van der Waals surface area (Å²) in [5, 5.41) is 0. The van der Waals surface area contributed by atoms with Gasteiger partial charge in [-0.1, -0.05) is 0 Å². The van der Waals surface area contributed by atoms with E-state index in [2.05, 4.69) is 0 Å².